The first-order valence-corrected chi connectivity index (χ1v) is 6.00. The van der Waals surface area contributed by atoms with Crippen molar-refractivity contribution in [2.24, 2.45) is 5.92 Å². The number of aliphatic hydroxyl groups is 1. The van der Waals surface area contributed by atoms with Crippen molar-refractivity contribution in [1.82, 2.24) is 5.32 Å². The summed E-state index contributed by atoms with van der Waals surface area (Å²) in [5.41, 5.74) is -0.458. The molecule has 1 rings (SSSR count). The van der Waals surface area contributed by atoms with Gasteiger partial charge in [-0.2, -0.15) is 0 Å². The normalized spacial score (nSPS) is 27.6. The van der Waals surface area contributed by atoms with E-state index in [1.807, 2.05) is 13.8 Å². The molecule has 0 spiro atoms. The van der Waals surface area contributed by atoms with Crippen LogP contribution < -0.4 is 5.32 Å². The summed E-state index contributed by atoms with van der Waals surface area (Å²) in [5.74, 6) is 0.410. The molecule has 0 aromatic heterocycles. The van der Waals surface area contributed by atoms with Gasteiger partial charge in [0, 0.05) is 6.42 Å². The summed E-state index contributed by atoms with van der Waals surface area (Å²) in [4.78, 5) is 11.4. The predicted molar refractivity (Wildman–Crippen MR) is 62.0 cm³/mol. The molecule has 3 atom stereocenters. The molecule has 1 heterocycles. The second-order valence-electron chi connectivity index (χ2n) is 5.20. The van der Waals surface area contributed by atoms with Gasteiger partial charge in [-0.3, -0.25) is 4.79 Å². The summed E-state index contributed by atoms with van der Waals surface area (Å²) in [6.45, 7) is 8.42. The Morgan fingerprint density at radius 1 is 1.56 bits per heavy atom. The van der Waals surface area contributed by atoms with Gasteiger partial charge in [0.05, 0.1) is 12.6 Å². The van der Waals surface area contributed by atoms with E-state index in [0.717, 1.165) is 6.42 Å². The average Bonchev–Trinajstić information content (AvgIpc) is 2.94. The zero-order valence-corrected chi connectivity index (χ0v) is 10.6. The van der Waals surface area contributed by atoms with Crippen molar-refractivity contribution < 1.29 is 14.6 Å². The molecule has 1 aliphatic heterocycles. The smallest absolute Gasteiger partial charge is 0.220 e. The van der Waals surface area contributed by atoms with Gasteiger partial charge in [-0.05, 0) is 19.3 Å². The van der Waals surface area contributed by atoms with Crippen LogP contribution in [-0.2, 0) is 9.53 Å². The molecule has 4 heteroatoms. The number of epoxide rings is 1. The van der Waals surface area contributed by atoms with Crippen LogP contribution in [0.5, 0.6) is 0 Å². The van der Waals surface area contributed by atoms with E-state index in [2.05, 4.69) is 19.2 Å². The van der Waals surface area contributed by atoms with Crippen LogP contribution in [0.3, 0.4) is 0 Å². The highest BCUT2D eigenvalue weighted by Gasteiger charge is 2.49. The minimum Gasteiger partial charge on any atom is -0.388 e. The molecular formula is C12H23NO3. The minimum atomic E-state index is -0.620. The summed E-state index contributed by atoms with van der Waals surface area (Å²) in [6.07, 6.45) is 0.593. The van der Waals surface area contributed by atoms with Crippen molar-refractivity contribution in [2.45, 2.75) is 58.3 Å². The summed E-state index contributed by atoms with van der Waals surface area (Å²) in [5, 5.41) is 13.0. The molecule has 16 heavy (non-hydrogen) atoms. The number of carbonyl (C=O) groups is 1. The zero-order valence-electron chi connectivity index (χ0n) is 10.6. The Bertz CT molecular complexity index is 249. The van der Waals surface area contributed by atoms with E-state index < -0.39 is 11.7 Å². The molecule has 4 nitrogen and oxygen atoms in total. The number of amides is 1. The Morgan fingerprint density at radius 2 is 2.12 bits per heavy atom. The first-order chi connectivity index (χ1) is 7.39. The summed E-state index contributed by atoms with van der Waals surface area (Å²) in [7, 11) is 0. The highest BCUT2D eigenvalue weighted by molar-refractivity contribution is 5.75. The lowest BCUT2D eigenvalue weighted by Crippen LogP contribution is -2.49. The number of ether oxygens (including phenoxy) is 1. The van der Waals surface area contributed by atoms with Gasteiger partial charge >= 0.3 is 0 Å². The fourth-order valence-corrected chi connectivity index (χ4v) is 1.79. The Balaban J connectivity index is 2.59. The van der Waals surface area contributed by atoms with Gasteiger partial charge in [-0.1, -0.05) is 20.8 Å². The summed E-state index contributed by atoms with van der Waals surface area (Å²) < 4.78 is 5.23. The second-order valence-corrected chi connectivity index (χ2v) is 5.20. The Morgan fingerprint density at radius 3 is 2.50 bits per heavy atom. The lowest BCUT2D eigenvalue weighted by atomic mass is 9.92. The molecule has 0 radical (unpaired) electrons. The quantitative estimate of drug-likeness (QED) is 0.670. The maximum atomic E-state index is 11.4. The summed E-state index contributed by atoms with van der Waals surface area (Å²) >= 11 is 0. The molecule has 0 aliphatic carbocycles. The zero-order chi connectivity index (χ0) is 12.3. The number of rotatable bonds is 6. The van der Waals surface area contributed by atoms with Crippen LogP contribution in [0.1, 0.15) is 40.5 Å². The number of hydrogen-bond acceptors (Lipinski definition) is 3. The maximum Gasteiger partial charge on any atom is 0.220 e. The van der Waals surface area contributed by atoms with Crippen molar-refractivity contribution in [2.75, 3.05) is 6.61 Å². The van der Waals surface area contributed by atoms with Crippen molar-refractivity contribution in [1.29, 1.82) is 0 Å². The highest BCUT2D eigenvalue weighted by Crippen LogP contribution is 2.33. The lowest BCUT2D eigenvalue weighted by molar-refractivity contribution is -0.122. The standard InChI is InChI=1S/C12H23NO3/c1-5-10(14)13-9(6-8(2)3)11(15)12(4)7-16-12/h8-9,11,15H,5-7H2,1-4H3,(H,13,14). The maximum absolute atomic E-state index is 11.4. The van der Waals surface area contributed by atoms with Crippen molar-refractivity contribution in [3.8, 4) is 0 Å². The SMILES string of the molecule is CCC(=O)NC(CC(C)C)C(O)C1(C)CO1. The molecule has 94 valence electrons. The molecule has 2 N–H and O–H groups in total. The average molecular weight is 229 g/mol. The molecule has 0 bridgehead atoms. The monoisotopic (exact) mass is 229 g/mol. The lowest BCUT2D eigenvalue weighted by Gasteiger charge is -2.28. The van der Waals surface area contributed by atoms with E-state index in [1.54, 1.807) is 0 Å². The fraction of sp³-hybridized carbons (Fsp3) is 0.917. The van der Waals surface area contributed by atoms with Crippen molar-refractivity contribution in [3.05, 3.63) is 0 Å². The molecule has 1 saturated heterocycles. The van der Waals surface area contributed by atoms with Crippen molar-refractivity contribution in [3.63, 3.8) is 0 Å². The molecule has 0 aromatic carbocycles. The van der Waals surface area contributed by atoms with E-state index >= 15 is 0 Å². The number of aliphatic hydroxyl groups excluding tert-OH is 1. The van der Waals surface area contributed by atoms with Gasteiger partial charge in [0.25, 0.3) is 0 Å². The Kier molecular flexibility index (Phi) is 4.33. The van der Waals surface area contributed by atoms with Crippen LogP contribution in [0.4, 0.5) is 0 Å². The van der Waals surface area contributed by atoms with Gasteiger partial charge in [0.15, 0.2) is 0 Å². The third-order valence-electron chi connectivity index (χ3n) is 3.00. The van der Waals surface area contributed by atoms with Gasteiger partial charge in [-0.15, -0.1) is 0 Å². The van der Waals surface area contributed by atoms with Gasteiger partial charge in [-0.25, -0.2) is 0 Å². The van der Waals surface area contributed by atoms with Crippen LogP contribution in [0.25, 0.3) is 0 Å². The van der Waals surface area contributed by atoms with E-state index in [0.29, 0.717) is 18.9 Å². The number of hydrogen-bond donors (Lipinski definition) is 2. The van der Waals surface area contributed by atoms with E-state index in [-0.39, 0.29) is 11.9 Å². The molecular weight excluding hydrogens is 206 g/mol. The molecule has 1 amide bonds. The molecule has 0 saturated carbocycles. The third kappa shape index (κ3) is 3.46. The summed E-state index contributed by atoms with van der Waals surface area (Å²) in [6, 6.07) is -0.208. The second kappa shape index (κ2) is 5.15. The molecule has 1 aliphatic rings. The molecule has 0 aromatic rings. The number of nitrogens with one attached hydrogen (secondary N) is 1. The Hall–Kier alpha value is -0.610. The van der Waals surface area contributed by atoms with E-state index in [4.69, 9.17) is 4.74 Å². The Labute approximate surface area is 97.4 Å². The van der Waals surface area contributed by atoms with Gasteiger partial charge < -0.3 is 15.2 Å². The van der Waals surface area contributed by atoms with E-state index in [9.17, 15) is 9.90 Å². The largest absolute Gasteiger partial charge is 0.388 e. The third-order valence-corrected chi connectivity index (χ3v) is 3.00. The van der Waals surface area contributed by atoms with Crippen molar-refractivity contribution >= 4 is 5.91 Å². The minimum absolute atomic E-state index is 0.0195. The van der Waals surface area contributed by atoms with E-state index in [1.165, 1.54) is 0 Å². The fourth-order valence-electron chi connectivity index (χ4n) is 1.79. The predicted octanol–water partition coefficient (Wildman–Crippen LogP) is 1.08. The molecule has 1 fully saturated rings. The first kappa shape index (κ1) is 13.5. The van der Waals surface area contributed by atoms with Crippen LogP contribution in [-0.4, -0.2) is 35.4 Å². The van der Waals surface area contributed by atoms with Crippen LogP contribution >= 0.6 is 0 Å². The van der Waals surface area contributed by atoms with Gasteiger partial charge in [0.2, 0.25) is 5.91 Å². The van der Waals surface area contributed by atoms with Crippen LogP contribution in [0.2, 0.25) is 0 Å². The van der Waals surface area contributed by atoms with Crippen LogP contribution in [0.15, 0.2) is 0 Å². The first-order valence-electron chi connectivity index (χ1n) is 6.00. The topological polar surface area (TPSA) is 61.9 Å². The van der Waals surface area contributed by atoms with Crippen LogP contribution in [0, 0.1) is 5.92 Å². The highest BCUT2D eigenvalue weighted by atomic mass is 16.6. The number of carbonyl (C=O) groups excluding carboxylic acids is 1. The van der Waals surface area contributed by atoms with Gasteiger partial charge in [0.1, 0.15) is 11.7 Å². The molecule has 3 unspecified atom stereocenters.